The number of halogens is 2. The van der Waals surface area contributed by atoms with Crippen LogP contribution in [-0.2, 0) is 6.54 Å². The molecule has 2 rings (SSSR count). The number of carbonyl (C=O) groups excluding carboxylic acids is 1. The number of carbonyl (C=O) groups is 1. The highest BCUT2D eigenvalue weighted by molar-refractivity contribution is 9.10. The number of benzene rings is 2. The molecule has 3 N–H and O–H groups in total. The van der Waals surface area contributed by atoms with Gasteiger partial charge in [0.1, 0.15) is 0 Å². The summed E-state index contributed by atoms with van der Waals surface area (Å²) < 4.78 is 0.839. The number of rotatable bonds is 3. The predicted molar refractivity (Wildman–Crippen MR) is 85.9 cm³/mol. The molecule has 3 nitrogen and oxygen atoms in total. The van der Waals surface area contributed by atoms with Crippen LogP contribution >= 0.6 is 27.5 Å². The second kappa shape index (κ2) is 6.29. The zero-order valence-electron chi connectivity index (χ0n) is 10.9. The lowest BCUT2D eigenvalue weighted by atomic mass is 10.1. The standard InChI is InChI=1S/C15H14BrClN2O/c1-9-10(3-2-4-14(9)18)8-19-15(20)12-6-5-11(16)7-13(12)17/h2-7H,8,18H2,1H3,(H,19,20). The van der Waals surface area contributed by atoms with Gasteiger partial charge in [0.25, 0.3) is 5.91 Å². The minimum absolute atomic E-state index is 0.204. The van der Waals surface area contributed by atoms with Crippen LogP contribution in [0.15, 0.2) is 40.9 Å². The van der Waals surface area contributed by atoms with Crippen LogP contribution in [0.3, 0.4) is 0 Å². The van der Waals surface area contributed by atoms with Crippen LogP contribution in [-0.4, -0.2) is 5.91 Å². The zero-order valence-corrected chi connectivity index (χ0v) is 13.3. The molecule has 2 aromatic rings. The van der Waals surface area contributed by atoms with E-state index in [1.165, 1.54) is 0 Å². The molecular weight excluding hydrogens is 340 g/mol. The largest absolute Gasteiger partial charge is 0.399 e. The molecule has 0 unspecified atom stereocenters. The summed E-state index contributed by atoms with van der Waals surface area (Å²) >= 11 is 9.36. The summed E-state index contributed by atoms with van der Waals surface area (Å²) in [4.78, 5) is 12.1. The third kappa shape index (κ3) is 3.32. The highest BCUT2D eigenvalue weighted by Crippen LogP contribution is 2.21. The Kier molecular flexibility index (Phi) is 4.68. The van der Waals surface area contributed by atoms with E-state index < -0.39 is 0 Å². The van der Waals surface area contributed by atoms with Gasteiger partial charge in [0.15, 0.2) is 0 Å². The number of amides is 1. The maximum atomic E-state index is 12.1. The fourth-order valence-electron chi connectivity index (χ4n) is 1.84. The maximum absolute atomic E-state index is 12.1. The van der Waals surface area contributed by atoms with Crippen LogP contribution in [0, 0.1) is 6.92 Å². The summed E-state index contributed by atoms with van der Waals surface area (Å²) in [6.07, 6.45) is 0. The molecule has 0 saturated heterocycles. The molecule has 0 aromatic heterocycles. The number of nitrogens with two attached hydrogens (primary N) is 1. The third-order valence-electron chi connectivity index (χ3n) is 3.10. The fraction of sp³-hybridized carbons (Fsp3) is 0.133. The molecule has 0 saturated carbocycles. The number of hydrogen-bond acceptors (Lipinski definition) is 2. The second-order valence-corrected chi connectivity index (χ2v) is 5.76. The Balaban J connectivity index is 2.11. The van der Waals surface area contributed by atoms with Crippen molar-refractivity contribution in [2.75, 3.05) is 5.73 Å². The lowest BCUT2D eigenvalue weighted by molar-refractivity contribution is 0.0951. The molecule has 0 heterocycles. The lowest BCUT2D eigenvalue weighted by Crippen LogP contribution is -2.23. The van der Waals surface area contributed by atoms with Crippen LogP contribution in [0.1, 0.15) is 21.5 Å². The van der Waals surface area contributed by atoms with Crippen molar-refractivity contribution in [2.24, 2.45) is 0 Å². The molecule has 0 aliphatic rings. The summed E-state index contributed by atoms with van der Waals surface area (Å²) in [5.41, 5.74) is 8.99. The Morgan fingerprint density at radius 1 is 1.35 bits per heavy atom. The molecule has 0 spiro atoms. The number of nitrogens with one attached hydrogen (secondary N) is 1. The first-order valence-electron chi connectivity index (χ1n) is 6.06. The summed E-state index contributed by atoms with van der Waals surface area (Å²) in [7, 11) is 0. The van der Waals surface area contributed by atoms with E-state index in [9.17, 15) is 4.79 Å². The molecule has 20 heavy (non-hydrogen) atoms. The van der Waals surface area contributed by atoms with Crippen molar-refractivity contribution in [3.63, 3.8) is 0 Å². The maximum Gasteiger partial charge on any atom is 0.253 e. The van der Waals surface area contributed by atoms with Crippen LogP contribution in [0.4, 0.5) is 5.69 Å². The monoisotopic (exact) mass is 352 g/mol. The molecule has 0 aliphatic heterocycles. The van der Waals surface area contributed by atoms with Gasteiger partial charge >= 0.3 is 0 Å². The molecule has 5 heteroatoms. The van der Waals surface area contributed by atoms with E-state index in [0.29, 0.717) is 17.1 Å². The van der Waals surface area contributed by atoms with Crippen molar-refractivity contribution in [1.82, 2.24) is 5.32 Å². The topological polar surface area (TPSA) is 55.1 Å². The van der Waals surface area contributed by atoms with E-state index in [2.05, 4.69) is 21.2 Å². The number of nitrogen functional groups attached to an aromatic ring is 1. The normalized spacial score (nSPS) is 10.3. The fourth-order valence-corrected chi connectivity index (χ4v) is 2.60. The van der Waals surface area contributed by atoms with Gasteiger partial charge in [0.2, 0.25) is 0 Å². The quantitative estimate of drug-likeness (QED) is 0.822. The van der Waals surface area contributed by atoms with Gasteiger partial charge in [-0.15, -0.1) is 0 Å². The van der Waals surface area contributed by atoms with Gasteiger partial charge in [0.05, 0.1) is 10.6 Å². The average molecular weight is 354 g/mol. The van der Waals surface area contributed by atoms with Gasteiger partial charge in [-0.25, -0.2) is 0 Å². The zero-order chi connectivity index (χ0) is 14.7. The average Bonchev–Trinajstić information content (AvgIpc) is 2.40. The van der Waals surface area contributed by atoms with Gasteiger partial charge in [-0.1, -0.05) is 39.7 Å². The summed E-state index contributed by atoms with van der Waals surface area (Å²) in [6.45, 7) is 2.35. The number of anilines is 1. The Bertz CT molecular complexity index is 658. The Morgan fingerprint density at radius 2 is 2.10 bits per heavy atom. The second-order valence-electron chi connectivity index (χ2n) is 4.44. The Hall–Kier alpha value is -1.52. The van der Waals surface area contributed by atoms with Crippen LogP contribution in [0.25, 0.3) is 0 Å². The summed E-state index contributed by atoms with van der Waals surface area (Å²) in [6, 6.07) is 10.8. The first kappa shape index (κ1) is 14.9. The predicted octanol–water partition coefficient (Wildman–Crippen LogP) is 3.92. The van der Waals surface area contributed by atoms with E-state index >= 15 is 0 Å². The number of hydrogen-bond donors (Lipinski definition) is 2. The van der Waals surface area contributed by atoms with E-state index in [4.69, 9.17) is 17.3 Å². The summed E-state index contributed by atoms with van der Waals surface area (Å²) in [5.74, 6) is -0.204. The molecule has 0 fully saturated rings. The van der Waals surface area contributed by atoms with Crippen LogP contribution in [0.5, 0.6) is 0 Å². The lowest BCUT2D eigenvalue weighted by Gasteiger charge is -2.10. The van der Waals surface area contributed by atoms with Crippen molar-refractivity contribution in [2.45, 2.75) is 13.5 Å². The minimum atomic E-state index is -0.204. The van der Waals surface area contributed by atoms with Gasteiger partial charge in [-0.05, 0) is 42.3 Å². The first-order valence-corrected chi connectivity index (χ1v) is 7.23. The molecule has 0 aliphatic carbocycles. The third-order valence-corrected chi connectivity index (χ3v) is 3.91. The van der Waals surface area contributed by atoms with E-state index in [1.54, 1.807) is 18.2 Å². The van der Waals surface area contributed by atoms with E-state index in [1.807, 2.05) is 25.1 Å². The van der Waals surface area contributed by atoms with Gasteiger partial charge < -0.3 is 11.1 Å². The van der Waals surface area contributed by atoms with Gasteiger partial charge in [-0.2, -0.15) is 0 Å². The van der Waals surface area contributed by atoms with E-state index in [0.717, 1.165) is 21.3 Å². The highest BCUT2D eigenvalue weighted by Gasteiger charge is 2.11. The van der Waals surface area contributed by atoms with Gasteiger partial charge in [0, 0.05) is 16.7 Å². The van der Waals surface area contributed by atoms with Gasteiger partial charge in [-0.3, -0.25) is 4.79 Å². The molecule has 1 amide bonds. The van der Waals surface area contributed by atoms with Crippen LogP contribution < -0.4 is 11.1 Å². The highest BCUT2D eigenvalue weighted by atomic mass is 79.9. The van der Waals surface area contributed by atoms with Crippen molar-refractivity contribution < 1.29 is 4.79 Å². The van der Waals surface area contributed by atoms with Crippen molar-refractivity contribution in [3.05, 3.63) is 62.6 Å². The van der Waals surface area contributed by atoms with Crippen molar-refractivity contribution in [3.8, 4) is 0 Å². The molecule has 2 aromatic carbocycles. The molecule has 0 radical (unpaired) electrons. The molecule has 104 valence electrons. The smallest absolute Gasteiger partial charge is 0.253 e. The molecular formula is C15H14BrClN2O. The Morgan fingerprint density at radius 3 is 2.80 bits per heavy atom. The minimum Gasteiger partial charge on any atom is -0.399 e. The first-order chi connectivity index (χ1) is 9.49. The SMILES string of the molecule is Cc1c(N)cccc1CNC(=O)c1ccc(Br)cc1Cl. The summed E-state index contributed by atoms with van der Waals surface area (Å²) in [5, 5.41) is 3.27. The van der Waals surface area contributed by atoms with Crippen molar-refractivity contribution in [1.29, 1.82) is 0 Å². The molecule has 0 atom stereocenters. The van der Waals surface area contributed by atoms with Crippen molar-refractivity contribution >= 4 is 39.1 Å². The molecule has 0 bridgehead atoms. The Labute approximate surface area is 131 Å². The van der Waals surface area contributed by atoms with Crippen LogP contribution in [0.2, 0.25) is 5.02 Å². The van der Waals surface area contributed by atoms with E-state index in [-0.39, 0.29) is 5.91 Å².